The molecule has 0 radical (unpaired) electrons. The highest BCUT2D eigenvalue weighted by atomic mass is 79.9. The van der Waals surface area contributed by atoms with Crippen molar-refractivity contribution in [2.75, 3.05) is 13.7 Å². The van der Waals surface area contributed by atoms with Gasteiger partial charge >= 0.3 is 6.09 Å². The summed E-state index contributed by atoms with van der Waals surface area (Å²) >= 11 is 3.15. The summed E-state index contributed by atoms with van der Waals surface area (Å²) in [5, 5.41) is 19.9. The zero-order chi connectivity index (χ0) is 22.9. The van der Waals surface area contributed by atoms with Crippen LogP contribution in [0.4, 0.5) is 4.79 Å². The number of carbonyl (C=O) groups excluding carboxylic acids is 3. The van der Waals surface area contributed by atoms with Crippen molar-refractivity contribution in [3.8, 4) is 0 Å². The Bertz CT molecular complexity index is 722. The fourth-order valence-corrected chi connectivity index (χ4v) is 4.61. The van der Waals surface area contributed by atoms with Crippen LogP contribution in [-0.4, -0.2) is 76.3 Å². The molecule has 0 aromatic carbocycles. The van der Waals surface area contributed by atoms with Gasteiger partial charge in [0.05, 0.1) is 10.5 Å². The number of rotatable bonds is 8. The number of imide groups is 1. The fraction of sp³-hybridized carbons (Fsp3) is 0.750. The highest BCUT2D eigenvalue weighted by Gasteiger charge is 2.55. The molecular formula is C20H30BrNO8. The van der Waals surface area contributed by atoms with E-state index in [4.69, 9.17) is 19.3 Å². The van der Waals surface area contributed by atoms with Gasteiger partial charge in [0.1, 0.15) is 5.60 Å². The molecule has 0 aromatic rings. The van der Waals surface area contributed by atoms with E-state index in [2.05, 4.69) is 15.9 Å². The van der Waals surface area contributed by atoms with E-state index in [1.165, 1.54) is 7.11 Å². The molecule has 170 valence electrons. The van der Waals surface area contributed by atoms with Gasteiger partial charge in [-0.1, -0.05) is 13.8 Å². The van der Waals surface area contributed by atoms with Crippen LogP contribution in [0.2, 0.25) is 0 Å². The summed E-state index contributed by atoms with van der Waals surface area (Å²) in [6.45, 7) is 7.10. The molecule has 1 saturated heterocycles. The van der Waals surface area contributed by atoms with Crippen molar-refractivity contribution in [3.63, 3.8) is 0 Å². The second-order valence-electron chi connectivity index (χ2n) is 8.42. The van der Waals surface area contributed by atoms with E-state index >= 15 is 0 Å². The summed E-state index contributed by atoms with van der Waals surface area (Å²) in [5.41, 5.74) is -0.912. The largest absolute Gasteiger partial charge is 0.441 e. The highest BCUT2D eigenvalue weighted by molar-refractivity contribution is 9.11. The molecule has 9 nitrogen and oxygen atoms in total. The first-order valence-corrected chi connectivity index (χ1v) is 10.7. The molecule has 2 heterocycles. The van der Waals surface area contributed by atoms with Crippen LogP contribution in [0.15, 0.2) is 10.6 Å². The number of methoxy groups -OCH3 is 1. The molecule has 1 fully saturated rings. The molecule has 30 heavy (non-hydrogen) atoms. The third-order valence-corrected chi connectivity index (χ3v) is 6.20. The third-order valence-electron chi connectivity index (χ3n) is 5.35. The van der Waals surface area contributed by atoms with E-state index in [9.17, 15) is 19.5 Å². The Morgan fingerprint density at radius 1 is 1.33 bits per heavy atom. The van der Waals surface area contributed by atoms with Crippen LogP contribution in [0, 0.1) is 5.92 Å². The minimum atomic E-state index is -1.85. The number of carbonyl (C=O) groups is 3. The standard InChI is InChI=1S/C20H30BrNO8/c1-11(2)16-19(3,4)30-18(26)22(16)17(25)15(28-5)14-12(24)10-13(21)20(27,29-14)8-6-7-9-23/h10-11,14-16,23,27H,6-9H2,1-5H3/t14-,15+,16+,20-/m1/s1. The number of aliphatic hydroxyl groups excluding tert-OH is 1. The van der Waals surface area contributed by atoms with Crippen LogP contribution in [0.25, 0.3) is 0 Å². The van der Waals surface area contributed by atoms with E-state index in [0.717, 1.165) is 11.0 Å². The lowest BCUT2D eigenvalue weighted by Gasteiger charge is -2.38. The maximum Gasteiger partial charge on any atom is 0.417 e. The Kier molecular flexibility index (Phi) is 7.84. The van der Waals surface area contributed by atoms with E-state index in [1.54, 1.807) is 13.8 Å². The number of hydrogen-bond acceptors (Lipinski definition) is 8. The van der Waals surface area contributed by atoms with Gasteiger partial charge in [-0.25, -0.2) is 9.69 Å². The lowest BCUT2D eigenvalue weighted by Crippen LogP contribution is -2.58. The number of hydrogen-bond donors (Lipinski definition) is 2. The van der Waals surface area contributed by atoms with Crippen LogP contribution >= 0.6 is 15.9 Å². The van der Waals surface area contributed by atoms with Crippen molar-refractivity contribution >= 4 is 33.7 Å². The predicted molar refractivity (Wildman–Crippen MR) is 110 cm³/mol. The van der Waals surface area contributed by atoms with Crippen molar-refractivity contribution in [3.05, 3.63) is 10.6 Å². The molecule has 2 rings (SSSR count). The van der Waals surface area contributed by atoms with Crippen LogP contribution in [0.1, 0.15) is 47.0 Å². The van der Waals surface area contributed by atoms with Crippen LogP contribution < -0.4 is 0 Å². The summed E-state index contributed by atoms with van der Waals surface area (Å²) in [4.78, 5) is 39.4. The lowest BCUT2D eigenvalue weighted by atomic mass is 9.88. The monoisotopic (exact) mass is 491 g/mol. The zero-order valence-corrected chi connectivity index (χ0v) is 19.5. The van der Waals surface area contributed by atoms with E-state index < -0.39 is 47.4 Å². The predicted octanol–water partition coefficient (Wildman–Crippen LogP) is 1.88. The molecular weight excluding hydrogens is 462 g/mol. The van der Waals surface area contributed by atoms with Gasteiger partial charge in [-0.3, -0.25) is 9.59 Å². The van der Waals surface area contributed by atoms with Gasteiger partial charge in [-0.15, -0.1) is 0 Å². The van der Waals surface area contributed by atoms with Crippen molar-refractivity contribution in [1.82, 2.24) is 4.90 Å². The summed E-state index contributed by atoms with van der Waals surface area (Å²) in [5.74, 6) is -3.32. The minimum absolute atomic E-state index is 0.0532. The number of nitrogens with zero attached hydrogens (tertiary/aromatic N) is 1. The second kappa shape index (κ2) is 9.44. The van der Waals surface area contributed by atoms with E-state index in [0.29, 0.717) is 12.8 Å². The van der Waals surface area contributed by atoms with E-state index in [-0.39, 0.29) is 23.4 Å². The van der Waals surface area contributed by atoms with Gasteiger partial charge in [0.25, 0.3) is 5.91 Å². The van der Waals surface area contributed by atoms with Gasteiger partial charge in [0, 0.05) is 20.1 Å². The molecule has 0 aliphatic carbocycles. The number of ether oxygens (including phenoxy) is 3. The SMILES string of the molecule is CO[C@H](C(=O)N1C(=O)OC(C)(C)[C@@H]1C(C)C)[C@@H]1O[C@](O)(CCCCO)C(Br)=CC1=O. The Hall–Kier alpha value is -1.33. The summed E-state index contributed by atoms with van der Waals surface area (Å²) in [6.07, 6.45) is -1.63. The third kappa shape index (κ3) is 4.77. The quantitative estimate of drug-likeness (QED) is 0.493. The Balaban J connectivity index is 2.33. The fourth-order valence-electron chi connectivity index (χ4n) is 4.09. The first-order valence-electron chi connectivity index (χ1n) is 9.91. The molecule has 0 bridgehead atoms. The maximum atomic E-state index is 13.3. The van der Waals surface area contributed by atoms with Crippen molar-refractivity contribution in [1.29, 1.82) is 0 Å². The van der Waals surface area contributed by atoms with Crippen LogP contribution in [-0.2, 0) is 23.8 Å². The normalized spacial score (nSPS) is 29.8. The molecule has 0 aromatic heterocycles. The Morgan fingerprint density at radius 2 is 1.97 bits per heavy atom. The highest BCUT2D eigenvalue weighted by Crippen LogP contribution is 2.38. The topological polar surface area (TPSA) is 123 Å². The van der Waals surface area contributed by atoms with Gasteiger partial charge in [0.15, 0.2) is 23.8 Å². The number of unbranched alkanes of at least 4 members (excludes halogenated alkanes) is 1. The Morgan fingerprint density at radius 3 is 2.50 bits per heavy atom. The maximum absolute atomic E-state index is 13.3. The first-order chi connectivity index (χ1) is 13.9. The molecule has 0 unspecified atom stereocenters. The van der Waals surface area contributed by atoms with Gasteiger partial charge < -0.3 is 24.4 Å². The average Bonchev–Trinajstić information content (AvgIpc) is 2.88. The lowest BCUT2D eigenvalue weighted by molar-refractivity contribution is -0.227. The summed E-state index contributed by atoms with van der Waals surface area (Å²) in [7, 11) is 1.23. The van der Waals surface area contributed by atoms with Crippen molar-refractivity contribution < 1.29 is 38.8 Å². The number of amides is 2. The molecule has 2 N–H and O–H groups in total. The summed E-state index contributed by atoms with van der Waals surface area (Å²) < 4.78 is 16.4. The number of halogens is 1. The Labute approximate surface area is 184 Å². The van der Waals surface area contributed by atoms with E-state index in [1.807, 2.05) is 13.8 Å². The van der Waals surface area contributed by atoms with Gasteiger partial charge in [-0.05, 0) is 54.6 Å². The molecule has 2 amide bonds. The second-order valence-corrected chi connectivity index (χ2v) is 9.28. The molecule has 10 heteroatoms. The van der Waals surface area contributed by atoms with Crippen molar-refractivity contribution in [2.45, 2.75) is 76.6 Å². The number of ketones is 1. The molecule has 2 aliphatic heterocycles. The van der Waals surface area contributed by atoms with Crippen molar-refractivity contribution in [2.24, 2.45) is 5.92 Å². The molecule has 2 aliphatic rings. The molecule has 0 spiro atoms. The van der Waals surface area contributed by atoms with Crippen LogP contribution in [0.5, 0.6) is 0 Å². The zero-order valence-electron chi connectivity index (χ0n) is 17.9. The smallest absolute Gasteiger partial charge is 0.417 e. The van der Waals surface area contributed by atoms with Gasteiger partial charge in [-0.2, -0.15) is 0 Å². The first kappa shape index (κ1) is 24.9. The minimum Gasteiger partial charge on any atom is -0.441 e. The average molecular weight is 492 g/mol. The number of aliphatic hydroxyl groups is 2. The van der Waals surface area contributed by atoms with Crippen LogP contribution in [0.3, 0.4) is 0 Å². The summed E-state index contributed by atoms with van der Waals surface area (Å²) in [6, 6.07) is -0.570. The van der Waals surface area contributed by atoms with Gasteiger partial charge in [0.2, 0.25) is 0 Å². The number of cyclic esters (lactones) is 1. The molecule has 0 saturated carbocycles. The molecule has 4 atom stereocenters.